The molecular weight excluding hydrogens is 232 g/mol. The minimum atomic E-state index is -0.787. The quantitative estimate of drug-likeness (QED) is 0.737. The fourth-order valence-corrected chi connectivity index (χ4v) is 1.89. The first-order valence-electron chi connectivity index (χ1n) is 6.42. The van der Waals surface area contributed by atoms with Crippen molar-refractivity contribution in [3.63, 3.8) is 0 Å². The highest BCUT2D eigenvalue weighted by Crippen LogP contribution is 2.10. The lowest BCUT2D eigenvalue weighted by molar-refractivity contribution is -0.137. The summed E-state index contributed by atoms with van der Waals surface area (Å²) in [7, 11) is 0. The van der Waals surface area contributed by atoms with Crippen molar-refractivity contribution in [2.24, 2.45) is 0 Å². The Balaban J connectivity index is 2.25. The van der Waals surface area contributed by atoms with Gasteiger partial charge in [0.25, 0.3) is 0 Å². The van der Waals surface area contributed by atoms with Crippen LogP contribution in [-0.2, 0) is 4.79 Å². The van der Waals surface area contributed by atoms with E-state index in [1.165, 1.54) is 5.57 Å². The molecule has 0 saturated carbocycles. The van der Waals surface area contributed by atoms with Gasteiger partial charge in [0.05, 0.1) is 0 Å². The number of carbonyl (C=O) groups is 2. The predicted molar refractivity (Wildman–Crippen MR) is 69.4 cm³/mol. The highest BCUT2D eigenvalue weighted by Gasteiger charge is 2.17. The SMILES string of the molecule is CC1=CCN(C(=O)NC(C)CCCC(=O)O)CC1. The molecule has 2 amide bonds. The normalized spacial score (nSPS) is 17.0. The van der Waals surface area contributed by atoms with Gasteiger partial charge < -0.3 is 15.3 Å². The molecule has 0 saturated heterocycles. The Kier molecular flexibility index (Phi) is 5.68. The Morgan fingerprint density at radius 3 is 2.83 bits per heavy atom. The van der Waals surface area contributed by atoms with Gasteiger partial charge in [0.2, 0.25) is 0 Å². The molecule has 5 nitrogen and oxygen atoms in total. The van der Waals surface area contributed by atoms with E-state index in [1.54, 1.807) is 4.90 Å². The minimum absolute atomic E-state index is 0.0175. The van der Waals surface area contributed by atoms with Crippen LogP contribution in [0.5, 0.6) is 0 Å². The summed E-state index contributed by atoms with van der Waals surface area (Å²) >= 11 is 0. The second kappa shape index (κ2) is 7.03. The summed E-state index contributed by atoms with van der Waals surface area (Å²) in [4.78, 5) is 24.0. The molecule has 0 fully saturated rings. The minimum Gasteiger partial charge on any atom is -0.481 e. The summed E-state index contributed by atoms with van der Waals surface area (Å²) in [5.74, 6) is -0.787. The van der Waals surface area contributed by atoms with E-state index in [1.807, 2.05) is 6.92 Å². The smallest absolute Gasteiger partial charge is 0.317 e. The van der Waals surface area contributed by atoms with Gasteiger partial charge in [0.15, 0.2) is 0 Å². The summed E-state index contributed by atoms with van der Waals surface area (Å²) in [5, 5.41) is 11.4. The van der Waals surface area contributed by atoms with E-state index in [9.17, 15) is 9.59 Å². The maximum Gasteiger partial charge on any atom is 0.317 e. The number of nitrogens with zero attached hydrogens (tertiary/aromatic N) is 1. The van der Waals surface area contributed by atoms with Gasteiger partial charge in [0.1, 0.15) is 0 Å². The third kappa shape index (κ3) is 5.21. The van der Waals surface area contributed by atoms with E-state index in [-0.39, 0.29) is 18.5 Å². The lowest BCUT2D eigenvalue weighted by Gasteiger charge is -2.27. The number of hydrogen-bond acceptors (Lipinski definition) is 2. The van der Waals surface area contributed by atoms with Crippen LogP contribution >= 0.6 is 0 Å². The molecule has 1 atom stereocenters. The number of urea groups is 1. The third-order valence-corrected chi connectivity index (χ3v) is 3.12. The molecular formula is C13H22N2O3. The van der Waals surface area contributed by atoms with Crippen LogP contribution < -0.4 is 5.32 Å². The molecule has 1 rings (SSSR count). The molecule has 0 aliphatic carbocycles. The standard InChI is InChI=1S/C13H22N2O3/c1-10-6-8-15(9-7-10)13(18)14-11(2)4-3-5-12(16)17/h6,11H,3-5,7-9H2,1-2H3,(H,14,18)(H,16,17). The molecule has 1 aliphatic heterocycles. The van der Waals surface area contributed by atoms with Crippen molar-refractivity contribution in [3.8, 4) is 0 Å². The topological polar surface area (TPSA) is 69.6 Å². The van der Waals surface area contributed by atoms with Crippen molar-refractivity contribution < 1.29 is 14.7 Å². The van der Waals surface area contributed by atoms with Gasteiger partial charge in [-0.1, -0.05) is 11.6 Å². The Hall–Kier alpha value is -1.52. The van der Waals surface area contributed by atoms with Gasteiger partial charge >= 0.3 is 12.0 Å². The van der Waals surface area contributed by atoms with Crippen molar-refractivity contribution >= 4 is 12.0 Å². The van der Waals surface area contributed by atoms with Crippen LogP contribution in [0.1, 0.15) is 39.5 Å². The van der Waals surface area contributed by atoms with Crippen molar-refractivity contribution in [1.82, 2.24) is 10.2 Å². The van der Waals surface area contributed by atoms with Crippen LogP contribution in [0, 0.1) is 0 Å². The number of nitrogens with one attached hydrogen (secondary N) is 1. The fraction of sp³-hybridized carbons (Fsp3) is 0.692. The fourth-order valence-electron chi connectivity index (χ4n) is 1.89. The summed E-state index contributed by atoms with van der Waals surface area (Å²) in [6, 6.07) is -0.0366. The Morgan fingerprint density at radius 2 is 2.28 bits per heavy atom. The van der Waals surface area contributed by atoms with E-state index >= 15 is 0 Å². The molecule has 0 spiro atoms. The molecule has 0 bridgehead atoms. The van der Waals surface area contributed by atoms with Gasteiger partial charge in [-0.3, -0.25) is 4.79 Å². The molecule has 1 heterocycles. The van der Waals surface area contributed by atoms with E-state index in [0.29, 0.717) is 19.4 Å². The summed E-state index contributed by atoms with van der Waals surface area (Å²) < 4.78 is 0. The number of hydrogen-bond donors (Lipinski definition) is 2. The molecule has 1 unspecified atom stereocenters. The van der Waals surface area contributed by atoms with Gasteiger partial charge in [-0.2, -0.15) is 0 Å². The predicted octanol–water partition coefficient (Wildman–Crippen LogP) is 1.99. The Bertz CT molecular complexity index is 339. The van der Waals surface area contributed by atoms with Crippen molar-refractivity contribution in [2.75, 3.05) is 13.1 Å². The number of amides is 2. The molecule has 102 valence electrons. The highest BCUT2D eigenvalue weighted by molar-refractivity contribution is 5.74. The summed E-state index contributed by atoms with van der Waals surface area (Å²) in [6.07, 6.45) is 4.45. The van der Waals surface area contributed by atoms with Crippen LogP contribution in [-0.4, -0.2) is 41.1 Å². The number of carbonyl (C=O) groups excluding carboxylic acids is 1. The average Bonchev–Trinajstić information content (AvgIpc) is 2.29. The Morgan fingerprint density at radius 1 is 1.56 bits per heavy atom. The third-order valence-electron chi connectivity index (χ3n) is 3.12. The largest absolute Gasteiger partial charge is 0.481 e. The van der Waals surface area contributed by atoms with E-state index < -0.39 is 5.97 Å². The van der Waals surface area contributed by atoms with Crippen LogP contribution in [0.4, 0.5) is 4.79 Å². The molecule has 0 aromatic heterocycles. The van der Waals surface area contributed by atoms with Crippen LogP contribution in [0.2, 0.25) is 0 Å². The second-order valence-corrected chi connectivity index (χ2v) is 4.88. The van der Waals surface area contributed by atoms with Crippen LogP contribution in [0.3, 0.4) is 0 Å². The molecule has 5 heteroatoms. The van der Waals surface area contributed by atoms with Gasteiger partial charge in [-0.25, -0.2) is 4.79 Å². The molecule has 2 N–H and O–H groups in total. The van der Waals surface area contributed by atoms with E-state index in [4.69, 9.17) is 5.11 Å². The van der Waals surface area contributed by atoms with E-state index in [0.717, 1.165) is 13.0 Å². The number of carboxylic acid groups (broad SMARTS) is 1. The zero-order valence-electron chi connectivity index (χ0n) is 11.1. The molecule has 1 aliphatic rings. The van der Waals surface area contributed by atoms with Crippen molar-refractivity contribution in [3.05, 3.63) is 11.6 Å². The lowest BCUT2D eigenvalue weighted by atomic mass is 10.1. The van der Waals surface area contributed by atoms with Gasteiger partial charge in [0, 0.05) is 25.6 Å². The van der Waals surface area contributed by atoms with E-state index in [2.05, 4.69) is 18.3 Å². The number of rotatable bonds is 5. The first-order valence-corrected chi connectivity index (χ1v) is 6.42. The van der Waals surface area contributed by atoms with Crippen molar-refractivity contribution in [2.45, 2.75) is 45.6 Å². The summed E-state index contributed by atoms with van der Waals surface area (Å²) in [6.45, 7) is 5.41. The van der Waals surface area contributed by atoms with Crippen LogP contribution in [0.15, 0.2) is 11.6 Å². The number of aliphatic carboxylic acids is 1. The molecule has 0 aromatic rings. The first-order chi connectivity index (χ1) is 8.49. The van der Waals surface area contributed by atoms with Crippen molar-refractivity contribution in [1.29, 1.82) is 0 Å². The lowest BCUT2D eigenvalue weighted by Crippen LogP contribution is -2.45. The monoisotopic (exact) mass is 254 g/mol. The molecule has 0 aromatic carbocycles. The highest BCUT2D eigenvalue weighted by atomic mass is 16.4. The van der Waals surface area contributed by atoms with Gasteiger partial charge in [-0.15, -0.1) is 0 Å². The zero-order valence-corrected chi connectivity index (χ0v) is 11.1. The zero-order chi connectivity index (χ0) is 13.5. The first kappa shape index (κ1) is 14.5. The molecule has 18 heavy (non-hydrogen) atoms. The Labute approximate surface area is 108 Å². The summed E-state index contributed by atoms with van der Waals surface area (Å²) in [5.41, 5.74) is 1.33. The maximum absolute atomic E-state index is 11.9. The number of carboxylic acids is 1. The van der Waals surface area contributed by atoms with Crippen LogP contribution in [0.25, 0.3) is 0 Å². The van der Waals surface area contributed by atoms with Gasteiger partial charge in [-0.05, 0) is 33.1 Å². The maximum atomic E-state index is 11.9. The second-order valence-electron chi connectivity index (χ2n) is 4.88. The molecule has 0 radical (unpaired) electrons. The average molecular weight is 254 g/mol.